The molecular formula is C13H20N2O2. The van der Waals surface area contributed by atoms with Crippen LogP contribution in [0.3, 0.4) is 0 Å². The number of ether oxygens (including phenoxy) is 1. The van der Waals surface area contributed by atoms with Crippen LogP contribution in [0, 0.1) is 0 Å². The van der Waals surface area contributed by atoms with Gasteiger partial charge in [-0.1, -0.05) is 13.0 Å². The summed E-state index contributed by atoms with van der Waals surface area (Å²) >= 11 is 0. The lowest BCUT2D eigenvalue weighted by Crippen LogP contribution is -2.30. The average molecular weight is 236 g/mol. The first-order valence-corrected chi connectivity index (χ1v) is 6.24. The molecule has 1 aliphatic rings. The zero-order chi connectivity index (χ0) is 12.1. The molecule has 94 valence electrons. The molecule has 0 spiro atoms. The smallest absolute Gasteiger partial charge is 0.144 e. The van der Waals surface area contributed by atoms with Crippen LogP contribution in [-0.2, 0) is 4.84 Å². The predicted octanol–water partition coefficient (Wildman–Crippen LogP) is 2.59. The number of para-hydroxylation sites is 1. The zero-order valence-electron chi connectivity index (χ0n) is 10.3. The van der Waals surface area contributed by atoms with Gasteiger partial charge in [0, 0.05) is 6.54 Å². The van der Waals surface area contributed by atoms with Crippen molar-refractivity contribution in [1.29, 1.82) is 0 Å². The average Bonchev–Trinajstić information content (AvgIpc) is 2.39. The first-order valence-electron chi connectivity index (χ1n) is 6.24. The van der Waals surface area contributed by atoms with Gasteiger partial charge in [-0.3, -0.25) is 9.90 Å². The monoisotopic (exact) mass is 236 g/mol. The number of nitrogen functional groups attached to an aromatic ring is 1. The third kappa shape index (κ3) is 2.82. The minimum absolute atomic E-state index is 0.669. The second-order valence-electron chi connectivity index (χ2n) is 4.18. The topological polar surface area (TPSA) is 47.7 Å². The summed E-state index contributed by atoms with van der Waals surface area (Å²) < 4.78 is 5.61. The number of hydrogen-bond acceptors (Lipinski definition) is 4. The second-order valence-corrected chi connectivity index (χ2v) is 4.18. The van der Waals surface area contributed by atoms with Gasteiger partial charge < -0.3 is 10.5 Å². The standard InChI is InChI=1S/C13H20N2O2/c1-2-9-16-12-7-5-6-11(13(12)14)15-8-3-4-10-17-15/h5-7H,2-4,8-10,14H2,1H3. The van der Waals surface area contributed by atoms with Crippen LogP contribution in [0.4, 0.5) is 11.4 Å². The van der Waals surface area contributed by atoms with Crippen molar-refractivity contribution in [2.24, 2.45) is 0 Å². The summed E-state index contributed by atoms with van der Waals surface area (Å²) in [5, 5.41) is 1.87. The molecule has 4 heteroatoms. The molecule has 0 radical (unpaired) electrons. The highest BCUT2D eigenvalue weighted by molar-refractivity contribution is 5.73. The Bertz CT molecular complexity index is 362. The normalized spacial score (nSPS) is 15.9. The van der Waals surface area contributed by atoms with Crippen LogP contribution in [0.15, 0.2) is 18.2 Å². The van der Waals surface area contributed by atoms with E-state index in [1.807, 2.05) is 23.3 Å². The summed E-state index contributed by atoms with van der Waals surface area (Å²) in [6.45, 7) is 4.42. The molecule has 4 nitrogen and oxygen atoms in total. The van der Waals surface area contributed by atoms with E-state index in [4.69, 9.17) is 15.3 Å². The zero-order valence-corrected chi connectivity index (χ0v) is 10.3. The summed E-state index contributed by atoms with van der Waals surface area (Å²) in [6, 6.07) is 5.83. The Kier molecular flexibility index (Phi) is 4.09. The summed E-state index contributed by atoms with van der Waals surface area (Å²) in [7, 11) is 0. The highest BCUT2D eigenvalue weighted by atomic mass is 16.7. The third-order valence-electron chi connectivity index (χ3n) is 2.78. The Morgan fingerprint density at radius 1 is 1.41 bits per heavy atom. The highest BCUT2D eigenvalue weighted by Crippen LogP contribution is 2.33. The molecule has 0 bridgehead atoms. The van der Waals surface area contributed by atoms with Gasteiger partial charge in [0.25, 0.3) is 0 Å². The van der Waals surface area contributed by atoms with Crippen molar-refractivity contribution in [3.63, 3.8) is 0 Å². The predicted molar refractivity (Wildman–Crippen MR) is 69.2 cm³/mol. The Morgan fingerprint density at radius 2 is 2.29 bits per heavy atom. The molecule has 0 aromatic heterocycles. The second kappa shape index (κ2) is 5.77. The molecule has 1 heterocycles. The molecule has 1 aromatic rings. The minimum Gasteiger partial charge on any atom is -0.491 e. The van der Waals surface area contributed by atoms with Crippen LogP contribution in [0.5, 0.6) is 5.75 Å². The first-order chi connectivity index (χ1) is 8.33. The molecule has 0 unspecified atom stereocenters. The van der Waals surface area contributed by atoms with Crippen LogP contribution in [-0.4, -0.2) is 19.8 Å². The fraction of sp³-hybridized carbons (Fsp3) is 0.538. The SMILES string of the molecule is CCCOc1cccc(N2CCCCO2)c1N. The van der Waals surface area contributed by atoms with E-state index < -0.39 is 0 Å². The molecule has 1 aromatic carbocycles. The van der Waals surface area contributed by atoms with E-state index in [0.717, 1.165) is 43.9 Å². The van der Waals surface area contributed by atoms with Gasteiger partial charge in [0.1, 0.15) is 11.4 Å². The summed E-state index contributed by atoms with van der Waals surface area (Å²) in [5.41, 5.74) is 7.69. The van der Waals surface area contributed by atoms with E-state index in [0.29, 0.717) is 12.3 Å². The van der Waals surface area contributed by atoms with Gasteiger partial charge in [0.05, 0.1) is 18.9 Å². The van der Waals surface area contributed by atoms with Crippen molar-refractivity contribution >= 4 is 11.4 Å². The van der Waals surface area contributed by atoms with Crippen molar-refractivity contribution < 1.29 is 9.57 Å². The molecule has 1 saturated heterocycles. The summed E-state index contributed by atoms with van der Waals surface area (Å²) in [5.74, 6) is 0.749. The van der Waals surface area contributed by atoms with Gasteiger partial charge >= 0.3 is 0 Å². The molecular weight excluding hydrogens is 216 g/mol. The number of anilines is 2. The van der Waals surface area contributed by atoms with Crippen LogP contribution in [0.2, 0.25) is 0 Å². The van der Waals surface area contributed by atoms with Gasteiger partial charge in [-0.2, -0.15) is 0 Å². The summed E-state index contributed by atoms with van der Waals surface area (Å²) in [6.07, 6.45) is 3.23. The van der Waals surface area contributed by atoms with E-state index in [2.05, 4.69) is 6.92 Å². The van der Waals surface area contributed by atoms with Crippen LogP contribution in [0.1, 0.15) is 26.2 Å². The van der Waals surface area contributed by atoms with Crippen molar-refractivity contribution in [2.75, 3.05) is 30.6 Å². The van der Waals surface area contributed by atoms with E-state index in [1.165, 1.54) is 0 Å². The van der Waals surface area contributed by atoms with Crippen LogP contribution >= 0.6 is 0 Å². The van der Waals surface area contributed by atoms with Crippen LogP contribution < -0.4 is 15.5 Å². The van der Waals surface area contributed by atoms with Gasteiger partial charge in [-0.05, 0) is 31.4 Å². The Morgan fingerprint density at radius 3 is 3.00 bits per heavy atom. The van der Waals surface area contributed by atoms with Gasteiger partial charge in [-0.15, -0.1) is 0 Å². The highest BCUT2D eigenvalue weighted by Gasteiger charge is 2.16. The summed E-state index contributed by atoms with van der Waals surface area (Å²) in [4.78, 5) is 5.60. The number of rotatable bonds is 4. The molecule has 1 fully saturated rings. The Labute approximate surface area is 102 Å². The number of hydrogen-bond donors (Lipinski definition) is 1. The van der Waals surface area contributed by atoms with E-state index in [9.17, 15) is 0 Å². The lowest BCUT2D eigenvalue weighted by Gasteiger charge is -2.29. The van der Waals surface area contributed by atoms with Crippen molar-refractivity contribution in [1.82, 2.24) is 0 Å². The lowest BCUT2D eigenvalue weighted by atomic mass is 10.2. The number of nitrogens with two attached hydrogens (primary N) is 1. The maximum atomic E-state index is 6.11. The van der Waals surface area contributed by atoms with Crippen molar-refractivity contribution in [2.45, 2.75) is 26.2 Å². The molecule has 2 N–H and O–H groups in total. The van der Waals surface area contributed by atoms with Gasteiger partial charge in [0.15, 0.2) is 0 Å². The quantitative estimate of drug-likeness (QED) is 0.816. The molecule has 17 heavy (non-hydrogen) atoms. The molecule has 0 atom stereocenters. The van der Waals surface area contributed by atoms with Gasteiger partial charge in [0.2, 0.25) is 0 Å². The van der Waals surface area contributed by atoms with Gasteiger partial charge in [-0.25, -0.2) is 0 Å². The molecule has 0 aliphatic carbocycles. The van der Waals surface area contributed by atoms with E-state index in [1.54, 1.807) is 0 Å². The Hall–Kier alpha value is -1.42. The maximum Gasteiger partial charge on any atom is 0.144 e. The molecule has 1 aliphatic heterocycles. The molecule has 2 rings (SSSR count). The lowest BCUT2D eigenvalue weighted by molar-refractivity contribution is 0.0780. The fourth-order valence-electron chi connectivity index (χ4n) is 1.87. The van der Waals surface area contributed by atoms with Crippen LogP contribution in [0.25, 0.3) is 0 Å². The van der Waals surface area contributed by atoms with Crippen molar-refractivity contribution in [3.05, 3.63) is 18.2 Å². The minimum atomic E-state index is 0.669. The Balaban J connectivity index is 2.15. The number of nitrogens with zero attached hydrogens (tertiary/aromatic N) is 1. The molecule has 0 saturated carbocycles. The largest absolute Gasteiger partial charge is 0.491 e. The van der Waals surface area contributed by atoms with Crippen molar-refractivity contribution in [3.8, 4) is 5.75 Å². The third-order valence-corrected chi connectivity index (χ3v) is 2.78. The molecule has 0 amide bonds. The fourth-order valence-corrected chi connectivity index (χ4v) is 1.87. The van der Waals surface area contributed by atoms with E-state index in [-0.39, 0.29) is 0 Å². The number of benzene rings is 1. The first kappa shape index (κ1) is 12.0. The number of hydroxylamine groups is 1. The van der Waals surface area contributed by atoms with E-state index >= 15 is 0 Å². The maximum absolute atomic E-state index is 6.11.